The molecule has 0 saturated heterocycles. The molecule has 13 heavy (non-hydrogen) atoms. The molecule has 1 fully saturated rings. The van der Waals surface area contributed by atoms with Crippen molar-refractivity contribution >= 4 is 0 Å². The highest BCUT2D eigenvalue weighted by Gasteiger charge is 2.43. The lowest BCUT2D eigenvalue weighted by Crippen LogP contribution is -2.49. The van der Waals surface area contributed by atoms with Crippen molar-refractivity contribution in [1.29, 1.82) is 0 Å². The molecule has 0 amide bonds. The van der Waals surface area contributed by atoms with Gasteiger partial charge < -0.3 is 10.8 Å². The Kier molecular flexibility index (Phi) is 1.86. The first-order valence-corrected chi connectivity index (χ1v) is 4.35. The van der Waals surface area contributed by atoms with E-state index in [1.54, 1.807) is 18.2 Å². The van der Waals surface area contributed by atoms with Gasteiger partial charge in [-0.05, 0) is 18.9 Å². The summed E-state index contributed by atoms with van der Waals surface area (Å²) in [5.74, 6) is -0.350. The first-order valence-electron chi connectivity index (χ1n) is 4.35. The molecule has 0 bridgehead atoms. The Balaban J connectivity index is 2.31. The van der Waals surface area contributed by atoms with Gasteiger partial charge >= 0.3 is 0 Å². The molecule has 70 valence electrons. The molecule has 3 heteroatoms. The van der Waals surface area contributed by atoms with Gasteiger partial charge in [-0.1, -0.05) is 18.2 Å². The largest absolute Gasteiger partial charge is 0.385 e. The van der Waals surface area contributed by atoms with Crippen molar-refractivity contribution in [2.75, 3.05) is 0 Å². The molecular weight excluding hydrogens is 169 g/mol. The summed E-state index contributed by atoms with van der Waals surface area (Å²) in [4.78, 5) is 0. The maximum atomic E-state index is 13.2. The molecule has 1 aromatic carbocycles. The van der Waals surface area contributed by atoms with Crippen molar-refractivity contribution < 1.29 is 9.50 Å². The molecule has 1 saturated carbocycles. The summed E-state index contributed by atoms with van der Waals surface area (Å²) in [6.45, 7) is 0. The van der Waals surface area contributed by atoms with Crippen LogP contribution in [0.5, 0.6) is 0 Å². The Bertz CT molecular complexity index is 320. The molecule has 0 spiro atoms. The molecule has 0 atom stereocenters. The lowest BCUT2D eigenvalue weighted by molar-refractivity contribution is -0.0549. The van der Waals surface area contributed by atoms with Gasteiger partial charge in [0.2, 0.25) is 0 Å². The number of nitrogens with two attached hydrogens (primary N) is 1. The highest BCUT2D eigenvalue weighted by atomic mass is 19.1. The Morgan fingerprint density at radius 2 is 2.00 bits per heavy atom. The monoisotopic (exact) mass is 181 g/mol. The molecule has 1 aromatic rings. The number of benzene rings is 1. The topological polar surface area (TPSA) is 46.2 Å². The van der Waals surface area contributed by atoms with Gasteiger partial charge in [0.25, 0.3) is 0 Å². The number of hydrogen-bond acceptors (Lipinski definition) is 2. The van der Waals surface area contributed by atoms with Gasteiger partial charge in [0.05, 0.1) is 5.60 Å². The van der Waals surface area contributed by atoms with Gasteiger partial charge in [0, 0.05) is 11.6 Å². The minimum atomic E-state index is -1.02. The highest BCUT2D eigenvalue weighted by molar-refractivity contribution is 5.27. The summed E-state index contributed by atoms with van der Waals surface area (Å²) in [7, 11) is 0. The predicted molar refractivity (Wildman–Crippen MR) is 47.5 cm³/mol. The molecule has 1 aliphatic rings. The lowest BCUT2D eigenvalue weighted by Gasteiger charge is -2.42. The average molecular weight is 181 g/mol. The van der Waals surface area contributed by atoms with Crippen molar-refractivity contribution in [2.24, 2.45) is 5.73 Å². The van der Waals surface area contributed by atoms with E-state index in [4.69, 9.17) is 5.73 Å². The van der Waals surface area contributed by atoms with Gasteiger partial charge in [0.15, 0.2) is 0 Å². The third kappa shape index (κ3) is 1.34. The van der Waals surface area contributed by atoms with E-state index >= 15 is 0 Å². The number of aliphatic hydroxyl groups is 1. The third-order valence-corrected chi connectivity index (χ3v) is 2.57. The van der Waals surface area contributed by atoms with Crippen molar-refractivity contribution in [3.05, 3.63) is 35.6 Å². The number of rotatable bonds is 1. The van der Waals surface area contributed by atoms with Crippen LogP contribution in [-0.4, -0.2) is 11.1 Å². The van der Waals surface area contributed by atoms with Crippen LogP contribution >= 0.6 is 0 Å². The van der Waals surface area contributed by atoms with Crippen LogP contribution in [-0.2, 0) is 5.60 Å². The molecule has 0 aromatic heterocycles. The molecule has 1 aliphatic carbocycles. The van der Waals surface area contributed by atoms with Crippen molar-refractivity contribution in [2.45, 2.75) is 24.5 Å². The van der Waals surface area contributed by atoms with Gasteiger partial charge in [-0.25, -0.2) is 4.39 Å². The minimum Gasteiger partial charge on any atom is -0.385 e. The highest BCUT2D eigenvalue weighted by Crippen LogP contribution is 2.41. The second-order valence-electron chi connectivity index (χ2n) is 3.68. The molecule has 2 nitrogen and oxygen atoms in total. The zero-order chi connectivity index (χ0) is 9.47. The fraction of sp³-hybridized carbons (Fsp3) is 0.400. The molecule has 0 unspecified atom stereocenters. The Labute approximate surface area is 76.2 Å². The summed E-state index contributed by atoms with van der Waals surface area (Å²) in [5, 5.41) is 9.91. The SMILES string of the molecule is NC1CC(O)(c2ccccc2F)C1. The van der Waals surface area contributed by atoms with Crippen LogP contribution in [0.4, 0.5) is 4.39 Å². The molecule has 3 N–H and O–H groups in total. The van der Waals surface area contributed by atoms with Crippen molar-refractivity contribution in [3.63, 3.8) is 0 Å². The van der Waals surface area contributed by atoms with E-state index in [1.165, 1.54) is 6.07 Å². The van der Waals surface area contributed by atoms with E-state index in [2.05, 4.69) is 0 Å². The fourth-order valence-corrected chi connectivity index (χ4v) is 1.87. The predicted octanol–water partition coefficient (Wildman–Crippen LogP) is 1.13. The van der Waals surface area contributed by atoms with Crippen LogP contribution in [0.25, 0.3) is 0 Å². The lowest BCUT2D eigenvalue weighted by atomic mass is 9.71. The molecular formula is C10H12FNO. The van der Waals surface area contributed by atoms with Crippen LogP contribution < -0.4 is 5.73 Å². The van der Waals surface area contributed by atoms with Gasteiger partial charge in [-0.15, -0.1) is 0 Å². The van der Waals surface area contributed by atoms with Crippen LogP contribution in [0, 0.1) is 5.82 Å². The maximum Gasteiger partial charge on any atom is 0.129 e. The van der Waals surface area contributed by atoms with Crippen molar-refractivity contribution in [1.82, 2.24) is 0 Å². The summed E-state index contributed by atoms with van der Waals surface area (Å²) < 4.78 is 13.2. The van der Waals surface area contributed by atoms with Crippen LogP contribution in [0.15, 0.2) is 24.3 Å². The average Bonchev–Trinajstić information content (AvgIpc) is 2.02. The van der Waals surface area contributed by atoms with E-state index in [-0.39, 0.29) is 11.9 Å². The molecule has 0 aliphatic heterocycles. The summed E-state index contributed by atoms with van der Waals surface area (Å²) in [6.07, 6.45) is 0.905. The van der Waals surface area contributed by atoms with E-state index < -0.39 is 5.60 Å². The number of halogens is 1. The van der Waals surface area contributed by atoms with E-state index in [1.807, 2.05) is 0 Å². The Morgan fingerprint density at radius 3 is 2.54 bits per heavy atom. The minimum absolute atomic E-state index is 0.00426. The van der Waals surface area contributed by atoms with E-state index in [0.29, 0.717) is 18.4 Å². The first kappa shape index (κ1) is 8.66. The fourth-order valence-electron chi connectivity index (χ4n) is 1.87. The van der Waals surface area contributed by atoms with Crippen LogP contribution in [0.3, 0.4) is 0 Å². The molecule has 0 radical (unpaired) electrons. The maximum absolute atomic E-state index is 13.2. The molecule has 2 rings (SSSR count). The zero-order valence-electron chi connectivity index (χ0n) is 7.20. The summed E-state index contributed by atoms with van der Waals surface area (Å²) >= 11 is 0. The quantitative estimate of drug-likeness (QED) is 0.682. The summed E-state index contributed by atoms with van der Waals surface area (Å²) in [5.41, 5.74) is 4.91. The van der Waals surface area contributed by atoms with Gasteiger partial charge in [-0.2, -0.15) is 0 Å². The zero-order valence-corrected chi connectivity index (χ0v) is 7.20. The Hall–Kier alpha value is -0.930. The molecule has 0 heterocycles. The van der Waals surface area contributed by atoms with Gasteiger partial charge in [0.1, 0.15) is 5.82 Å². The van der Waals surface area contributed by atoms with Crippen LogP contribution in [0.2, 0.25) is 0 Å². The normalized spacial score (nSPS) is 32.7. The second-order valence-corrected chi connectivity index (χ2v) is 3.68. The van der Waals surface area contributed by atoms with Gasteiger partial charge in [-0.3, -0.25) is 0 Å². The smallest absolute Gasteiger partial charge is 0.129 e. The standard InChI is InChI=1S/C10H12FNO/c11-9-4-2-1-3-8(9)10(13)5-7(12)6-10/h1-4,7,13H,5-6,12H2. The first-order chi connectivity index (χ1) is 6.12. The Morgan fingerprint density at radius 1 is 1.38 bits per heavy atom. The second kappa shape index (κ2) is 2.79. The van der Waals surface area contributed by atoms with Crippen molar-refractivity contribution in [3.8, 4) is 0 Å². The summed E-state index contributed by atoms with van der Waals surface area (Å²) in [6, 6.07) is 6.31. The van der Waals surface area contributed by atoms with E-state index in [9.17, 15) is 9.50 Å². The number of hydrogen-bond donors (Lipinski definition) is 2. The van der Waals surface area contributed by atoms with E-state index in [0.717, 1.165) is 0 Å². The van der Waals surface area contributed by atoms with Crippen LogP contribution in [0.1, 0.15) is 18.4 Å². The third-order valence-electron chi connectivity index (χ3n) is 2.57.